The van der Waals surface area contributed by atoms with Crippen molar-refractivity contribution in [2.45, 2.75) is 20.4 Å². The van der Waals surface area contributed by atoms with Crippen molar-refractivity contribution in [1.29, 1.82) is 0 Å². The topological polar surface area (TPSA) is 74.1 Å². The second kappa shape index (κ2) is 8.14. The first kappa shape index (κ1) is 18.8. The van der Waals surface area contributed by atoms with Gasteiger partial charge in [0.1, 0.15) is 11.4 Å². The molecule has 0 spiro atoms. The molecule has 3 rings (SSSR count). The molecule has 0 radical (unpaired) electrons. The van der Waals surface area contributed by atoms with Crippen molar-refractivity contribution in [3.8, 4) is 11.3 Å². The summed E-state index contributed by atoms with van der Waals surface area (Å²) in [7, 11) is 0. The van der Waals surface area contributed by atoms with Gasteiger partial charge in [-0.15, -0.1) is 5.10 Å². The molecule has 0 N–H and O–H groups in total. The molecular formula is C20H18ClN3O3. The van der Waals surface area contributed by atoms with Crippen LogP contribution in [0.15, 0.2) is 48.5 Å². The van der Waals surface area contributed by atoms with Crippen molar-refractivity contribution < 1.29 is 14.3 Å². The van der Waals surface area contributed by atoms with E-state index in [4.69, 9.17) is 16.3 Å². The molecule has 138 valence electrons. The van der Waals surface area contributed by atoms with E-state index in [1.54, 1.807) is 31.2 Å². The van der Waals surface area contributed by atoms with E-state index in [1.165, 1.54) is 4.68 Å². The molecule has 0 unspecified atom stereocenters. The third-order valence-corrected chi connectivity index (χ3v) is 4.23. The molecule has 0 amide bonds. The highest BCUT2D eigenvalue weighted by Crippen LogP contribution is 2.24. The lowest BCUT2D eigenvalue weighted by atomic mass is 10.1. The molecule has 0 atom stereocenters. The molecular weight excluding hydrogens is 366 g/mol. The van der Waals surface area contributed by atoms with Gasteiger partial charge in [-0.25, -0.2) is 9.48 Å². The zero-order chi connectivity index (χ0) is 19.4. The SMILES string of the molecule is CCOC(=O)C(=O)c1c(-c2ccc(Cl)cc2)nnn1Cc1ccc(C)cc1. The highest BCUT2D eigenvalue weighted by atomic mass is 35.5. The van der Waals surface area contributed by atoms with E-state index >= 15 is 0 Å². The molecule has 0 bridgehead atoms. The number of hydrogen-bond acceptors (Lipinski definition) is 5. The van der Waals surface area contributed by atoms with Crippen molar-refractivity contribution in [3.63, 3.8) is 0 Å². The quantitative estimate of drug-likeness (QED) is 0.368. The predicted octanol–water partition coefficient (Wildman–Crippen LogP) is 3.70. The zero-order valence-corrected chi connectivity index (χ0v) is 15.7. The maximum absolute atomic E-state index is 12.7. The van der Waals surface area contributed by atoms with Crippen molar-refractivity contribution in [3.05, 3.63) is 70.4 Å². The molecule has 6 nitrogen and oxygen atoms in total. The number of benzene rings is 2. The predicted molar refractivity (Wildman–Crippen MR) is 102 cm³/mol. The minimum Gasteiger partial charge on any atom is -0.460 e. The maximum Gasteiger partial charge on any atom is 0.381 e. The standard InChI is InChI=1S/C20H18ClN3O3/c1-3-27-20(26)19(25)18-17(15-8-10-16(21)11-9-15)22-23-24(18)12-14-6-4-13(2)5-7-14/h4-11H,3,12H2,1-2H3. The Morgan fingerprint density at radius 2 is 1.74 bits per heavy atom. The van der Waals surface area contributed by atoms with Crippen LogP contribution in [0.2, 0.25) is 5.02 Å². The van der Waals surface area contributed by atoms with Gasteiger partial charge in [-0.2, -0.15) is 0 Å². The molecule has 0 aliphatic carbocycles. The lowest BCUT2D eigenvalue weighted by Crippen LogP contribution is -2.22. The Labute approximate surface area is 161 Å². The van der Waals surface area contributed by atoms with E-state index in [0.717, 1.165) is 11.1 Å². The number of nitrogens with zero attached hydrogens (tertiary/aromatic N) is 3. The number of esters is 1. The van der Waals surface area contributed by atoms with Crippen LogP contribution in [0, 0.1) is 6.92 Å². The Hall–Kier alpha value is -2.99. The van der Waals surface area contributed by atoms with Crippen LogP contribution in [-0.2, 0) is 16.1 Å². The molecule has 3 aromatic rings. The number of carbonyl (C=O) groups excluding carboxylic acids is 2. The van der Waals surface area contributed by atoms with E-state index in [0.29, 0.717) is 22.8 Å². The Morgan fingerprint density at radius 1 is 1.07 bits per heavy atom. The largest absolute Gasteiger partial charge is 0.460 e. The molecule has 7 heteroatoms. The summed E-state index contributed by atoms with van der Waals surface area (Å²) in [6.45, 7) is 4.06. The Morgan fingerprint density at radius 3 is 2.37 bits per heavy atom. The molecule has 1 aromatic heterocycles. The van der Waals surface area contributed by atoms with Crippen molar-refractivity contribution in [2.24, 2.45) is 0 Å². The van der Waals surface area contributed by atoms with Crippen LogP contribution < -0.4 is 0 Å². The molecule has 0 saturated carbocycles. The van der Waals surface area contributed by atoms with Gasteiger partial charge in [-0.05, 0) is 31.5 Å². The number of halogens is 1. The normalized spacial score (nSPS) is 10.6. The first-order chi connectivity index (χ1) is 13.0. The number of ketones is 1. The van der Waals surface area contributed by atoms with E-state index in [-0.39, 0.29) is 12.3 Å². The van der Waals surface area contributed by atoms with Gasteiger partial charge in [0.05, 0.1) is 13.2 Å². The lowest BCUT2D eigenvalue weighted by molar-refractivity contribution is -0.137. The van der Waals surface area contributed by atoms with E-state index in [1.807, 2.05) is 31.2 Å². The first-order valence-corrected chi connectivity index (χ1v) is 8.83. The van der Waals surface area contributed by atoms with Gasteiger partial charge in [-0.3, -0.25) is 4.79 Å². The number of Topliss-reactive ketones (excluding diaryl/α,β-unsaturated/α-hetero) is 1. The average Bonchev–Trinajstić information content (AvgIpc) is 3.07. The number of ether oxygens (including phenoxy) is 1. The minimum atomic E-state index is -0.930. The van der Waals surface area contributed by atoms with Crippen LogP contribution in [0.3, 0.4) is 0 Å². The summed E-state index contributed by atoms with van der Waals surface area (Å²) in [5.41, 5.74) is 3.11. The number of carbonyl (C=O) groups is 2. The third-order valence-electron chi connectivity index (χ3n) is 3.98. The highest BCUT2D eigenvalue weighted by molar-refractivity contribution is 6.41. The van der Waals surface area contributed by atoms with E-state index in [9.17, 15) is 9.59 Å². The van der Waals surface area contributed by atoms with Gasteiger partial charge in [0.25, 0.3) is 5.78 Å². The number of rotatable bonds is 6. The van der Waals surface area contributed by atoms with Gasteiger partial charge in [-0.1, -0.05) is 58.8 Å². The van der Waals surface area contributed by atoms with Crippen LogP contribution >= 0.6 is 11.6 Å². The molecule has 0 aliphatic heterocycles. The summed E-state index contributed by atoms with van der Waals surface area (Å²) in [6, 6.07) is 14.7. The maximum atomic E-state index is 12.7. The van der Waals surface area contributed by atoms with Gasteiger partial charge in [0.2, 0.25) is 0 Å². The van der Waals surface area contributed by atoms with Gasteiger partial charge >= 0.3 is 5.97 Å². The second-order valence-corrected chi connectivity index (χ2v) is 6.42. The summed E-state index contributed by atoms with van der Waals surface area (Å²) < 4.78 is 6.30. The van der Waals surface area contributed by atoms with Crippen molar-refractivity contribution >= 4 is 23.4 Å². The number of hydrogen-bond donors (Lipinski definition) is 0. The molecule has 1 heterocycles. The molecule has 2 aromatic carbocycles. The van der Waals surface area contributed by atoms with Crippen LogP contribution in [0.5, 0.6) is 0 Å². The lowest BCUT2D eigenvalue weighted by Gasteiger charge is -2.08. The molecule has 0 saturated heterocycles. The third kappa shape index (κ3) is 4.23. The summed E-state index contributed by atoms with van der Waals surface area (Å²) >= 11 is 5.94. The molecule has 27 heavy (non-hydrogen) atoms. The number of aromatic nitrogens is 3. The smallest absolute Gasteiger partial charge is 0.381 e. The molecule has 0 aliphatic rings. The average molecular weight is 384 g/mol. The van der Waals surface area contributed by atoms with Gasteiger partial charge in [0.15, 0.2) is 0 Å². The monoisotopic (exact) mass is 383 g/mol. The van der Waals surface area contributed by atoms with Crippen molar-refractivity contribution in [1.82, 2.24) is 15.0 Å². The summed E-state index contributed by atoms with van der Waals surface area (Å²) in [6.07, 6.45) is 0. The summed E-state index contributed by atoms with van der Waals surface area (Å²) in [4.78, 5) is 24.8. The summed E-state index contributed by atoms with van der Waals surface area (Å²) in [5, 5.41) is 8.80. The highest BCUT2D eigenvalue weighted by Gasteiger charge is 2.28. The first-order valence-electron chi connectivity index (χ1n) is 8.46. The Kier molecular flexibility index (Phi) is 5.66. The van der Waals surface area contributed by atoms with Crippen LogP contribution in [0.25, 0.3) is 11.3 Å². The Balaban J connectivity index is 2.04. The van der Waals surface area contributed by atoms with Crippen LogP contribution in [-0.4, -0.2) is 33.4 Å². The fraction of sp³-hybridized carbons (Fsp3) is 0.200. The number of aryl methyl sites for hydroxylation is 1. The minimum absolute atomic E-state index is 0.0938. The van der Waals surface area contributed by atoms with Gasteiger partial charge < -0.3 is 4.74 Å². The van der Waals surface area contributed by atoms with Crippen LogP contribution in [0.4, 0.5) is 0 Å². The van der Waals surface area contributed by atoms with Crippen molar-refractivity contribution in [2.75, 3.05) is 6.61 Å². The van der Waals surface area contributed by atoms with E-state index < -0.39 is 11.8 Å². The second-order valence-electron chi connectivity index (χ2n) is 5.99. The fourth-order valence-corrected chi connectivity index (χ4v) is 2.74. The Bertz CT molecular complexity index is 963. The fourth-order valence-electron chi connectivity index (χ4n) is 2.61. The molecule has 0 fully saturated rings. The summed E-state index contributed by atoms with van der Waals surface area (Å²) in [5.74, 6) is -1.71. The van der Waals surface area contributed by atoms with Gasteiger partial charge in [0, 0.05) is 10.6 Å². The zero-order valence-electron chi connectivity index (χ0n) is 15.0. The van der Waals surface area contributed by atoms with Crippen LogP contribution in [0.1, 0.15) is 28.5 Å². The van der Waals surface area contributed by atoms with E-state index in [2.05, 4.69) is 10.3 Å².